The van der Waals surface area contributed by atoms with E-state index in [2.05, 4.69) is 31.9 Å². The summed E-state index contributed by atoms with van der Waals surface area (Å²) in [6.07, 6.45) is 1.70. The van der Waals surface area contributed by atoms with Gasteiger partial charge < -0.3 is 4.57 Å². The molecule has 1 fully saturated rings. The highest BCUT2D eigenvalue weighted by Crippen LogP contribution is 2.52. The molecule has 9 heavy (non-hydrogen) atoms. The molecular formula is C5H9Br2OP. The van der Waals surface area contributed by atoms with Gasteiger partial charge in [-0.1, -0.05) is 31.9 Å². The summed E-state index contributed by atoms with van der Waals surface area (Å²) in [6.45, 7) is 1.88. The van der Waals surface area contributed by atoms with Crippen LogP contribution in [0, 0.1) is 0 Å². The van der Waals surface area contributed by atoms with E-state index in [1.165, 1.54) is 0 Å². The van der Waals surface area contributed by atoms with Crippen molar-refractivity contribution >= 4 is 39.0 Å². The molecule has 0 N–H and O–H groups in total. The standard InChI is InChI=1S/C5H9Br2OP/c1-9(8)2-4(6)5(7)3-9/h4-5H,2-3H2,1H3. The van der Waals surface area contributed by atoms with E-state index in [4.69, 9.17) is 0 Å². The molecular weight excluding hydrogens is 267 g/mol. The smallest absolute Gasteiger partial charge is 0.0871 e. The van der Waals surface area contributed by atoms with E-state index in [9.17, 15) is 4.57 Å². The van der Waals surface area contributed by atoms with Gasteiger partial charge in [-0.15, -0.1) is 0 Å². The van der Waals surface area contributed by atoms with Crippen molar-refractivity contribution in [3.05, 3.63) is 0 Å². The van der Waals surface area contributed by atoms with Gasteiger partial charge in [-0.25, -0.2) is 0 Å². The molecule has 1 heterocycles. The third-order valence-corrected chi connectivity index (χ3v) is 7.48. The Balaban J connectivity index is 2.65. The minimum Gasteiger partial charge on any atom is -0.324 e. The second kappa shape index (κ2) is 2.67. The summed E-state index contributed by atoms with van der Waals surface area (Å²) >= 11 is 6.92. The van der Waals surface area contributed by atoms with Gasteiger partial charge >= 0.3 is 0 Å². The normalized spacial score (nSPS) is 51.9. The molecule has 0 aromatic rings. The minimum absolute atomic E-state index is 0.424. The maximum atomic E-state index is 11.4. The molecule has 0 bridgehead atoms. The van der Waals surface area contributed by atoms with Crippen LogP contribution in [0.4, 0.5) is 0 Å². The topological polar surface area (TPSA) is 17.1 Å². The summed E-state index contributed by atoms with van der Waals surface area (Å²) in [7, 11) is -1.75. The van der Waals surface area contributed by atoms with Crippen LogP contribution in [-0.4, -0.2) is 28.6 Å². The maximum absolute atomic E-state index is 11.4. The third-order valence-electron chi connectivity index (χ3n) is 1.51. The van der Waals surface area contributed by atoms with Gasteiger partial charge in [0.05, 0.1) is 7.14 Å². The molecule has 0 aliphatic carbocycles. The minimum atomic E-state index is -1.75. The molecule has 0 aromatic heterocycles. The Morgan fingerprint density at radius 1 is 1.33 bits per heavy atom. The van der Waals surface area contributed by atoms with E-state index < -0.39 is 7.14 Å². The molecule has 0 spiro atoms. The lowest BCUT2D eigenvalue weighted by Crippen LogP contribution is -2.08. The summed E-state index contributed by atoms with van der Waals surface area (Å²) < 4.78 is 11.4. The molecule has 2 atom stereocenters. The molecule has 54 valence electrons. The molecule has 1 nitrogen and oxygen atoms in total. The Hall–Kier alpha value is 1.19. The Morgan fingerprint density at radius 3 is 1.78 bits per heavy atom. The van der Waals surface area contributed by atoms with Gasteiger partial charge in [0.25, 0.3) is 0 Å². The fourth-order valence-corrected chi connectivity index (χ4v) is 7.80. The first-order chi connectivity index (χ1) is 4.01. The highest BCUT2D eigenvalue weighted by atomic mass is 79.9. The molecule has 1 saturated heterocycles. The predicted molar refractivity (Wildman–Crippen MR) is 48.7 cm³/mol. The highest BCUT2D eigenvalue weighted by molar-refractivity contribution is 9.12. The fraction of sp³-hybridized carbons (Fsp3) is 1.00. The SMILES string of the molecule is CP1(=O)CC(Br)C(Br)C1. The van der Waals surface area contributed by atoms with Gasteiger partial charge in [-0.3, -0.25) is 0 Å². The van der Waals surface area contributed by atoms with E-state index in [0.29, 0.717) is 9.65 Å². The Kier molecular flexibility index (Phi) is 2.46. The second-order valence-electron chi connectivity index (χ2n) is 2.69. The summed E-state index contributed by atoms with van der Waals surface area (Å²) in [6, 6.07) is 0. The van der Waals surface area contributed by atoms with E-state index in [0.717, 1.165) is 12.3 Å². The molecule has 0 amide bonds. The molecule has 0 saturated carbocycles. The molecule has 1 aliphatic heterocycles. The molecule has 0 radical (unpaired) electrons. The van der Waals surface area contributed by atoms with Gasteiger partial charge in [0, 0.05) is 22.0 Å². The van der Waals surface area contributed by atoms with E-state index >= 15 is 0 Å². The Morgan fingerprint density at radius 2 is 1.67 bits per heavy atom. The van der Waals surface area contributed by atoms with Crippen LogP contribution in [0.3, 0.4) is 0 Å². The predicted octanol–water partition coefficient (Wildman–Crippen LogP) is 2.52. The lowest BCUT2D eigenvalue weighted by molar-refractivity contribution is 0.583. The van der Waals surface area contributed by atoms with Crippen molar-refractivity contribution in [2.45, 2.75) is 9.65 Å². The Bertz CT molecular complexity index is 145. The van der Waals surface area contributed by atoms with Gasteiger partial charge in [0.2, 0.25) is 0 Å². The van der Waals surface area contributed by atoms with Crippen molar-refractivity contribution in [3.63, 3.8) is 0 Å². The highest BCUT2D eigenvalue weighted by Gasteiger charge is 2.35. The Labute approximate surface area is 72.2 Å². The van der Waals surface area contributed by atoms with Crippen LogP contribution in [0.15, 0.2) is 0 Å². The number of hydrogen-bond acceptors (Lipinski definition) is 1. The van der Waals surface area contributed by atoms with Gasteiger partial charge in [-0.05, 0) is 6.66 Å². The number of hydrogen-bond donors (Lipinski definition) is 0. The molecule has 0 aromatic carbocycles. The van der Waals surface area contributed by atoms with Crippen molar-refractivity contribution in [1.82, 2.24) is 0 Å². The first-order valence-electron chi connectivity index (χ1n) is 2.85. The summed E-state index contributed by atoms with van der Waals surface area (Å²) in [5.41, 5.74) is 0. The summed E-state index contributed by atoms with van der Waals surface area (Å²) in [5, 5.41) is 0. The van der Waals surface area contributed by atoms with Gasteiger partial charge in [-0.2, -0.15) is 0 Å². The summed E-state index contributed by atoms with van der Waals surface area (Å²) in [4.78, 5) is 0.849. The van der Waals surface area contributed by atoms with Gasteiger partial charge in [0.1, 0.15) is 0 Å². The monoisotopic (exact) mass is 274 g/mol. The molecule has 4 heteroatoms. The van der Waals surface area contributed by atoms with E-state index in [1.54, 1.807) is 0 Å². The van der Waals surface area contributed by atoms with Crippen LogP contribution in [-0.2, 0) is 4.57 Å². The van der Waals surface area contributed by atoms with Crippen LogP contribution in [0.5, 0.6) is 0 Å². The molecule has 1 rings (SSSR count). The van der Waals surface area contributed by atoms with E-state index in [-0.39, 0.29) is 0 Å². The van der Waals surface area contributed by atoms with Crippen LogP contribution < -0.4 is 0 Å². The lowest BCUT2D eigenvalue weighted by Gasteiger charge is -1.99. The van der Waals surface area contributed by atoms with E-state index in [1.807, 2.05) is 6.66 Å². The summed E-state index contributed by atoms with van der Waals surface area (Å²) in [5.74, 6) is 0. The average molecular weight is 276 g/mol. The van der Waals surface area contributed by atoms with Crippen LogP contribution >= 0.6 is 39.0 Å². The quantitative estimate of drug-likeness (QED) is 0.490. The molecule has 2 unspecified atom stereocenters. The zero-order chi connectivity index (χ0) is 7.07. The van der Waals surface area contributed by atoms with Crippen LogP contribution in [0.25, 0.3) is 0 Å². The third kappa shape index (κ3) is 2.06. The van der Waals surface area contributed by atoms with Crippen molar-refractivity contribution in [1.29, 1.82) is 0 Å². The average Bonchev–Trinajstić information content (AvgIpc) is 1.79. The fourth-order valence-electron chi connectivity index (χ4n) is 1.04. The van der Waals surface area contributed by atoms with Gasteiger partial charge in [0.15, 0.2) is 0 Å². The zero-order valence-corrected chi connectivity index (χ0v) is 9.25. The zero-order valence-electron chi connectivity index (χ0n) is 5.18. The first-order valence-corrected chi connectivity index (χ1v) is 7.20. The molecule has 1 aliphatic rings. The van der Waals surface area contributed by atoms with Crippen molar-refractivity contribution in [3.8, 4) is 0 Å². The number of rotatable bonds is 0. The second-order valence-corrected chi connectivity index (χ2v) is 8.37. The van der Waals surface area contributed by atoms with Crippen LogP contribution in [0.1, 0.15) is 0 Å². The maximum Gasteiger partial charge on any atom is 0.0871 e. The van der Waals surface area contributed by atoms with Crippen molar-refractivity contribution in [2.24, 2.45) is 0 Å². The lowest BCUT2D eigenvalue weighted by atomic mass is 10.4. The van der Waals surface area contributed by atoms with Crippen molar-refractivity contribution in [2.75, 3.05) is 19.0 Å². The number of alkyl halides is 2. The number of halogens is 2. The first kappa shape index (κ1) is 8.29. The van der Waals surface area contributed by atoms with Crippen LogP contribution in [0.2, 0.25) is 0 Å². The van der Waals surface area contributed by atoms with Crippen molar-refractivity contribution < 1.29 is 4.57 Å². The largest absolute Gasteiger partial charge is 0.324 e.